The number of likely N-dealkylation sites (N-methyl/N-ethyl adjacent to an activating group) is 1. The molecule has 2 fully saturated rings. The summed E-state index contributed by atoms with van der Waals surface area (Å²) in [5.74, 6) is -0.281. The van der Waals surface area contributed by atoms with Crippen LogP contribution in [-0.4, -0.2) is 60.5 Å². The molecule has 120 valence electrons. The molecule has 5 nitrogen and oxygen atoms in total. The summed E-state index contributed by atoms with van der Waals surface area (Å²) in [6.45, 7) is 4.22. The van der Waals surface area contributed by atoms with Gasteiger partial charge in [0.05, 0.1) is 0 Å². The van der Waals surface area contributed by atoms with Gasteiger partial charge in [0.1, 0.15) is 6.04 Å². The number of amides is 1. The van der Waals surface area contributed by atoms with Crippen LogP contribution in [0, 0.1) is 0 Å². The lowest BCUT2D eigenvalue weighted by atomic mass is 10.0. The second-order valence-electron chi connectivity index (χ2n) is 6.31. The Morgan fingerprint density at radius 1 is 1.00 bits per heavy atom. The lowest BCUT2D eigenvalue weighted by molar-refractivity contribution is -0.164. The minimum absolute atomic E-state index is 0.0382. The molecule has 5 heteroatoms. The highest BCUT2D eigenvalue weighted by atomic mass is 16.5. The molecule has 2 atom stereocenters. The summed E-state index contributed by atoms with van der Waals surface area (Å²) in [4.78, 5) is 28.5. The molecule has 0 aromatic carbocycles. The van der Waals surface area contributed by atoms with Crippen LogP contribution in [0.3, 0.4) is 0 Å². The number of carbonyl (C=O) groups excluding carboxylic acids is 2. The van der Waals surface area contributed by atoms with E-state index in [1.807, 2.05) is 16.8 Å². The molecule has 0 unspecified atom stereocenters. The van der Waals surface area contributed by atoms with E-state index < -0.39 is 6.10 Å². The van der Waals surface area contributed by atoms with Gasteiger partial charge in [0, 0.05) is 13.1 Å². The highest BCUT2D eigenvalue weighted by Gasteiger charge is 2.31. The summed E-state index contributed by atoms with van der Waals surface area (Å²) in [5, 5.41) is 0. The Morgan fingerprint density at radius 2 is 1.62 bits per heavy atom. The second-order valence-corrected chi connectivity index (χ2v) is 6.31. The van der Waals surface area contributed by atoms with Gasteiger partial charge in [0.25, 0.3) is 5.91 Å². The quantitative estimate of drug-likeness (QED) is 0.745. The average Bonchev–Trinajstić information content (AvgIpc) is 2.75. The van der Waals surface area contributed by atoms with E-state index in [1.165, 1.54) is 12.8 Å². The maximum absolute atomic E-state index is 12.4. The molecule has 0 aromatic rings. The smallest absolute Gasteiger partial charge is 0.324 e. The molecule has 0 saturated carbocycles. The number of piperidine rings is 1. The number of rotatable bonds is 3. The van der Waals surface area contributed by atoms with E-state index in [1.54, 1.807) is 6.92 Å². The number of ether oxygens (including phenoxy) is 1. The van der Waals surface area contributed by atoms with Crippen molar-refractivity contribution in [3.05, 3.63) is 0 Å². The van der Waals surface area contributed by atoms with Crippen LogP contribution >= 0.6 is 0 Å². The topological polar surface area (TPSA) is 49.9 Å². The normalized spacial score (nSPS) is 26.0. The van der Waals surface area contributed by atoms with E-state index >= 15 is 0 Å². The predicted octanol–water partition coefficient (Wildman–Crippen LogP) is 1.80. The molecule has 21 heavy (non-hydrogen) atoms. The van der Waals surface area contributed by atoms with E-state index in [4.69, 9.17) is 4.74 Å². The number of likely N-dealkylation sites (tertiary alicyclic amines) is 2. The van der Waals surface area contributed by atoms with Gasteiger partial charge in [-0.05, 0) is 46.2 Å². The zero-order valence-electron chi connectivity index (χ0n) is 13.3. The van der Waals surface area contributed by atoms with Crippen molar-refractivity contribution in [2.75, 3.05) is 26.7 Å². The molecule has 0 N–H and O–H groups in total. The Hall–Kier alpha value is -1.10. The lowest BCUT2D eigenvalue weighted by Gasteiger charge is -2.32. The Kier molecular flexibility index (Phi) is 6.03. The largest absolute Gasteiger partial charge is 0.451 e. The van der Waals surface area contributed by atoms with E-state index in [-0.39, 0.29) is 17.9 Å². The number of hydrogen-bond acceptors (Lipinski definition) is 4. The molecular formula is C16H28N2O3. The van der Waals surface area contributed by atoms with Crippen molar-refractivity contribution >= 4 is 11.9 Å². The molecule has 2 saturated heterocycles. The van der Waals surface area contributed by atoms with Crippen LogP contribution in [0.4, 0.5) is 0 Å². The predicted molar refractivity (Wildman–Crippen MR) is 80.9 cm³/mol. The second kappa shape index (κ2) is 7.78. The van der Waals surface area contributed by atoms with E-state index in [2.05, 4.69) is 0 Å². The zero-order valence-corrected chi connectivity index (χ0v) is 13.3. The molecule has 0 bridgehead atoms. The van der Waals surface area contributed by atoms with Gasteiger partial charge in [0.15, 0.2) is 6.10 Å². The SMILES string of the molecule is C[C@@H](OC(=O)[C@@H]1CCCCN1C)C(=O)N1CCCCCC1. The van der Waals surface area contributed by atoms with Crippen LogP contribution in [0.5, 0.6) is 0 Å². The lowest BCUT2D eigenvalue weighted by Crippen LogP contribution is -2.46. The van der Waals surface area contributed by atoms with Crippen molar-refractivity contribution in [2.45, 2.75) is 64.0 Å². The number of carbonyl (C=O) groups is 2. The first kappa shape index (κ1) is 16.3. The number of esters is 1. The van der Waals surface area contributed by atoms with Gasteiger partial charge in [-0.25, -0.2) is 0 Å². The molecule has 0 aromatic heterocycles. The van der Waals surface area contributed by atoms with Gasteiger partial charge in [-0.3, -0.25) is 14.5 Å². The zero-order chi connectivity index (χ0) is 15.2. The van der Waals surface area contributed by atoms with E-state index in [0.29, 0.717) is 0 Å². The Balaban J connectivity index is 1.85. The van der Waals surface area contributed by atoms with Crippen molar-refractivity contribution in [3.63, 3.8) is 0 Å². The van der Waals surface area contributed by atoms with Gasteiger partial charge in [-0.2, -0.15) is 0 Å². The van der Waals surface area contributed by atoms with Gasteiger partial charge in [0.2, 0.25) is 0 Å². The highest BCUT2D eigenvalue weighted by Crippen LogP contribution is 2.17. The monoisotopic (exact) mass is 296 g/mol. The maximum Gasteiger partial charge on any atom is 0.324 e. The van der Waals surface area contributed by atoms with Crippen LogP contribution in [-0.2, 0) is 14.3 Å². The Bertz CT molecular complexity index is 365. The first-order valence-electron chi connectivity index (χ1n) is 8.29. The fourth-order valence-corrected chi connectivity index (χ4v) is 3.22. The third-order valence-corrected chi connectivity index (χ3v) is 4.60. The van der Waals surface area contributed by atoms with Crippen molar-refractivity contribution in [2.24, 2.45) is 0 Å². The standard InChI is InChI=1S/C16H28N2O3/c1-13(15(19)18-11-6-3-4-7-12-18)21-16(20)14-9-5-8-10-17(14)2/h13-14H,3-12H2,1-2H3/t13-,14+/m1/s1. The first-order valence-corrected chi connectivity index (χ1v) is 8.29. The molecule has 2 rings (SSSR count). The van der Waals surface area contributed by atoms with Crippen molar-refractivity contribution in [1.29, 1.82) is 0 Å². The van der Waals surface area contributed by atoms with Crippen LogP contribution < -0.4 is 0 Å². The van der Waals surface area contributed by atoms with Crippen molar-refractivity contribution < 1.29 is 14.3 Å². The summed E-state index contributed by atoms with van der Waals surface area (Å²) in [6.07, 6.45) is 6.83. The fourth-order valence-electron chi connectivity index (χ4n) is 3.22. The minimum atomic E-state index is -0.661. The van der Waals surface area contributed by atoms with Gasteiger partial charge >= 0.3 is 5.97 Å². The fraction of sp³-hybridized carbons (Fsp3) is 0.875. The molecule has 1 amide bonds. The summed E-state index contributed by atoms with van der Waals surface area (Å²) >= 11 is 0. The van der Waals surface area contributed by atoms with Gasteiger partial charge in [-0.1, -0.05) is 19.3 Å². The summed E-state index contributed by atoms with van der Waals surface area (Å²) in [7, 11) is 1.95. The van der Waals surface area contributed by atoms with Crippen LogP contribution in [0.15, 0.2) is 0 Å². The van der Waals surface area contributed by atoms with Gasteiger partial charge in [-0.15, -0.1) is 0 Å². The van der Waals surface area contributed by atoms with Crippen molar-refractivity contribution in [3.8, 4) is 0 Å². The van der Waals surface area contributed by atoms with E-state index in [0.717, 1.165) is 51.7 Å². The summed E-state index contributed by atoms with van der Waals surface area (Å²) in [6, 6.07) is -0.182. The molecular weight excluding hydrogens is 268 g/mol. The van der Waals surface area contributed by atoms with Crippen LogP contribution in [0.1, 0.15) is 51.9 Å². The van der Waals surface area contributed by atoms with E-state index in [9.17, 15) is 9.59 Å². The molecule has 2 aliphatic rings. The molecule has 0 spiro atoms. The van der Waals surface area contributed by atoms with Crippen LogP contribution in [0.25, 0.3) is 0 Å². The summed E-state index contributed by atoms with van der Waals surface area (Å²) < 4.78 is 5.44. The van der Waals surface area contributed by atoms with Gasteiger partial charge < -0.3 is 9.64 Å². The number of hydrogen-bond donors (Lipinski definition) is 0. The molecule has 2 aliphatic heterocycles. The molecule has 0 radical (unpaired) electrons. The number of nitrogens with zero attached hydrogens (tertiary/aromatic N) is 2. The van der Waals surface area contributed by atoms with Crippen LogP contribution in [0.2, 0.25) is 0 Å². The Labute approximate surface area is 127 Å². The first-order chi connectivity index (χ1) is 10.1. The third kappa shape index (κ3) is 4.43. The molecule has 2 heterocycles. The summed E-state index contributed by atoms with van der Waals surface area (Å²) in [5.41, 5.74) is 0. The highest BCUT2D eigenvalue weighted by molar-refractivity contribution is 5.85. The minimum Gasteiger partial charge on any atom is -0.451 e. The third-order valence-electron chi connectivity index (χ3n) is 4.60. The maximum atomic E-state index is 12.4. The van der Waals surface area contributed by atoms with Crippen molar-refractivity contribution in [1.82, 2.24) is 9.80 Å². The average molecular weight is 296 g/mol. The Morgan fingerprint density at radius 3 is 2.24 bits per heavy atom. The molecule has 0 aliphatic carbocycles.